The molecule has 0 aromatic rings. The molecule has 0 aromatic heterocycles. The highest BCUT2D eigenvalue weighted by molar-refractivity contribution is 7.80. The summed E-state index contributed by atoms with van der Waals surface area (Å²) in [5.74, 6) is -0.318. The molecule has 0 fully saturated rings. The minimum Gasteiger partial charge on any atom is -0.342 e. The van der Waals surface area contributed by atoms with Gasteiger partial charge in [-0.05, 0) is 27.7 Å². The molecule has 0 radical (unpaired) electrons. The zero-order valence-electron chi connectivity index (χ0n) is 7.22. The molecular formula is C7H13NO2S. The minimum atomic E-state index is -0.488. The average Bonchev–Trinajstić information content (AvgIpc) is 1.80. The molecule has 0 saturated heterocycles. The lowest BCUT2D eigenvalue weighted by Crippen LogP contribution is -2.31. The molecule has 0 saturated carbocycles. The first-order valence-corrected chi connectivity index (χ1v) is 3.72. The van der Waals surface area contributed by atoms with E-state index in [2.05, 4.69) is 22.5 Å². The van der Waals surface area contributed by atoms with E-state index in [4.69, 9.17) is 0 Å². The Kier molecular flexibility index (Phi) is 3.45. The zero-order chi connectivity index (χ0) is 9.07. The third-order valence-corrected chi connectivity index (χ3v) is 0.983. The Labute approximate surface area is 72.1 Å². The summed E-state index contributed by atoms with van der Waals surface area (Å²) in [6.07, 6.45) is 0. The summed E-state index contributed by atoms with van der Waals surface area (Å²) in [4.78, 5) is 16.1. The maximum Gasteiger partial charge on any atom is 0.337 e. The summed E-state index contributed by atoms with van der Waals surface area (Å²) in [6, 6.07) is 0. The van der Waals surface area contributed by atoms with E-state index in [1.165, 1.54) is 0 Å². The molecule has 0 aromatic carbocycles. The van der Waals surface area contributed by atoms with Gasteiger partial charge in [0.2, 0.25) is 0 Å². The fourth-order valence-electron chi connectivity index (χ4n) is 0.271. The van der Waals surface area contributed by atoms with E-state index in [0.29, 0.717) is 4.99 Å². The molecule has 4 heteroatoms. The highest BCUT2D eigenvalue weighted by Gasteiger charge is 2.23. The lowest BCUT2D eigenvalue weighted by Gasteiger charge is -2.15. The van der Waals surface area contributed by atoms with Crippen molar-refractivity contribution in [2.24, 2.45) is 5.41 Å². The number of carbonyl (C=O) groups excluding carboxylic acids is 1. The number of carbonyl (C=O) groups is 1. The van der Waals surface area contributed by atoms with E-state index in [-0.39, 0.29) is 5.97 Å². The van der Waals surface area contributed by atoms with Crippen molar-refractivity contribution in [2.45, 2.75) is 27.7 Å². The van der Waals surface area contributed by atoms with Crippen LogP contribution in [-0.2, 0) is 9.63 Å². The van der Waals surface area contributed by atoms with Crippen molar-refractivity contribution in [1.29, 1.82) is 0 Å². The van der Waals surface area contributed by atoms with Crippen LogP contribution in [0.1, 0.15) is 27.7 Å². The highest BCUT2D eigenvalue weighted by atomic mass is 32.1. The number of rotatable bonds is 0. The standard InChI is InChI=1S/C7H13NO2S/c1-5(11)8-10-6(9)7(2,3)4/h1-4H3,(H,8,11). The number of hydrogen-bond acceptors (Lipinski definition) is 3. The summed E-state index contributed by atoms with van der Waals surface area (Å²) >= 11 is 4.65. The van der Waals surface area contributed by atoms with Gasteiger partial charge in [-0.15, -0.1) is 0 Å². The number of nitrogens with one attached hydrogen (secondary N) is 1. The molecule has 64 valence electrons. The Morgan fingerprint density at radius 1 is 1.45 bits per heavy atom. The van der Waals surface area contributed by atoms with Crippen molar-refractivity contribution < 1.29 is 9.63 Å². The lowest BCUT2D eigenvalue weighted by atomic mass is 9.98. The zero-order valence-corrected chi connectivity index (χ0v) is 8.04. The van der Waals surface area contributed by atoms with Crippen LogP contribution in [0.2, 0.25) is 0 Å². The first-order chi connectivity index (χ1) is 4.84. The molecule has 0 aliphatic heterocycles. The smallest absolute Gasteiger partial charge is 0.337 e. The predicted molar refractivity (Wildman–Crippen MR) is 47.0 cm³/mol. The van der Waals surface area contributed by atoms with Gasteiger partial charge in [-0.1, -0.05) is 12.2 Å². The van der Waals surface area contributed by atoms with Crippen LogP contribution >= 0.6 is 12.2 Å². The minimum absolute atomic E-state index is 0.318. The second-order valence-electron chi connectivity index (χ2n) is 3.30. The quantitative estimate of drug-likeness (QED) is 0.446. The normalized spacial score (nSPS) is 10.5. The maximum atomic E-state index is 11.0. The van der Waals surface area contributed by atoms with Crippen LogP contribution in [0.5, 0.6) is 0 Å². The Bertz CT molecular complexity index is 172. The second kappa shape index (κ2) is 3.67. The van der Waals surface area contributed by atoms with E-state index in [9.17, 15) is 4.79 Å². The van der Waals surface area contributed by atoms with Gasteiger partial charge in [0, 0.05) is 0 Å². The number of thiocarbonyl (C=S) groups is 1. The van der Waals surface area contributed by atoms with Gasteiger partial charge < -0.3 is 4.84 Å². The van der Waals surface area contributed by atoms with Crippen molar-refractivity contribution in [3.8, 4) is 0 Å². The summed E-state index contributed by atoms with van der Waals surface area (Å²) in [7, 11) is 0. The molecule has 0 heterocycles. The van der Waals surface area contributed by atoms with Crippen LogP contribution in [0, 0.1) is 5.41 Å². The first kappa shape index (κ1) is 10.4. The van der Waals surface area contributed by atoms with E-state index in [1.807, 2.05) is 0 Å². The van der Waals surface area contributed by atoms with Crippen LogP contribution in [-0.4, -0.2) is 11.0 Å². The fourth-order valence-corrected chi connectivity index (χ4v) is 0.313. The Morgan fingerprint density at radius 2 is 1.91 bits per heavy atom. The van der Waals surface area contributed by atoms with Crippen LogP contribution in [0.3, 0.4) is 0 Å². The SMILES string of the molecule is CC(=S)NOC(=O)C(C)(C)C. The summed E-state index contributed by atoms with van der Waals surface area (Å²) in [5, 5.41) is 0. The van der Waals surface area contributed by atoms with E-state index in [0.717, 1.165) is 0 Å². The van der Waals surface area contributed by atoms with Crippen molar-refractivity contribution in [1.82, 2.24) is 5.48 Å². The Morgan fingerprint density at radius 3 is 2.18 bits per heavy atom. The molecule has 0 spiro atoms. The molecule has 0 amide bonds. The molecule has 0 bridgehead atoms. The topological polar surface area (TPSA) is 38.3 Å². The van der Waals surface area contributed by atoms with Gasteiger partial charge in [0.1, 0.15) is 4.99 Å². The fraction of sp³-hybridized carbons (Fsp3) is 0.714. The van der Waals surface area contributed by atoms with Crippen LogP contribution in [0.25, 0.3) is 0 Å². The van der Waals surface area contributed by atoms with Gasteiger partial charge in [0.15, 0.2) is 0 Å². The van der Waals surface area contributed by atoms with Gasteiger partial charge in [-0.25, -0.2) is 10.3 Å². The lowest BCUT2D eigenvalue weighted by molar-refractivity contribution is -0.157. The number of hydroxylamine groups is 1. The first-order valence-electron chi connectivity index (χ1n) is 3.32. The summed E-state index contributed by atoms with van der Waals surface area (Å²) < 4.78 is 0. The van der Waals surface area contributed by atoms with Gasteiger partial charge in [0.25, 0.3) is 0 Å². The average molecular weight is 175 g/mol. The summed E-state index contributed by atoms with van der Waals surface area (Å²) in [5.41, 5.74) is 1.85. The Balaban J connectivity index is 3.80. The molecule has 0 aliphatic carbocycles. The third-order valence-electron chi connectivity index (χ3n) is 0.900. The van der Waals surface area contributed by atoms with E-state index in [1.54, 1.807) is 27.7 Å². The molecular weight excluding hydrogens is 162 g/mol. The molecule has 3 nitrogen and oxygen atoms in total. The largest absolute Gasteiger partial charge is 0.342 e. The molecule has 1 N–H and O–H groups in total. The van der Waals surface area contributed by atoms with E-state index < -0.39 is 5.41 Å². The highest BCUT2D eigenvalue weighted by Crippen LogP contribution is 2.13. The van der Waals surface area contributed by atoms with Crippen LogP contribution < -0.4 is 5.48 Å². The maximum absolute atomic E-state index is 11.0. The molecule has 0 unspecified atom stereocenters. The van der Waals surface area contributed by atoms with Crippen molar-refractivity contribution in [3.05, 3.63) is 0 Å². The predicted octanol–water partition coefficient (Wildman–Crippen LogP) is 1.43. The van der Waals surface area contributed by atoms with Crippen LogP contribution in [0.15, 0.2) is 0 Å². The van der Waals surface area contributed by atoms with Gasteiger partial charge in [-0.2, -0.15) is 0 Å². The number of hydrogen-bond donors (Lipinski definition) is 1. The third kappa shape index (κ3) is 4.72. The molecule has 11 heavy (non-hydrogen) atoms. The van der Waals surface area contributed by atoms with Gasteiger partial charge in [0.05, 0.1) is 5.41 Å². The monoisotopic (exact) mass is 175 g/mol. The Hall–Kier alpha value is -0.640. The molecule has 0 aliphatic rings. The molecule has 0 rings (SSSR count). The molecule has 0 atom stereocenters. The van der Waals surface area contributed by atoms with Crippen molar-refractivity contribution >= 4 is 23.2 Å². The van der Waals surface area contributed by atoms with Gasteiger partial charge >= 0.3 is 5.97 Å². The van der Waals surface area contributed by atoms with Crippen molar-refractivity contribution in [3.63, 3.8) is 0 Å². The van der Waals surface area contributed by atoms with Crippen molar-refractivity contribution in [2.75, 3.05) is 0 Å². The second-order valence-corrected chi connectivity index (χ2v) is 3.91. The van der Waals surface area contributed by atoms with E-state index >= 15 is 0 Å². The van der Waals surface area contributed by atoms with Gasteiger partial charge in [-0.3, -0.25) is 0 Å². The van der Waals surface area contributed by atoms with Crippen LogP contribution in [0.4, 0.5) is 0 Å². The summed E-state index contributed by atoms with van der Waals surface area (Å²) in [6.45, 7) is 6.96.